The van der Waals surface area contributed by atoms with Crippen molar-refractivity contribution in [2.75, 3.05) is 20.2 Å². The molecule has 21 heavy (non-hydrogen) atoms. The number of aromatic nitrogens is 1. The van der Waals surface area contributed by atoms with Gasteiger partial charge in [0.25, 0.3) is 5.91 Å². The van der Waals surface area contributed by atoms with Crippen LogP contribution in [0.15, 0.2) is 48.8 Å². The highest BCUT2D eigenvalue weighted by atomic mass is 19.1. The number of nitrogens with zero attached hydrogens (tertiary/aromatic N) is 2. The summed E-state index contributed by atoms with van der Waals surface area (Å²) >= 11 is 0. The van der Waals surface area contributed by atoms with Gasteiger partial charge in [-0.1, -0.05) is 0 Å². The highest BCUT2D eigenvalue weighted by Gasteiger charge is 2.12. The van der Waals surface area contributed by atoms with Gasteiger partial charge in [-0.25, -0.2) is 4.39 Å². The maximum atomic E-state index is 12.7. The van der Waals surface area contributed by atoms with E-state index in [0.29, 0.717) is 29.2 Å². The molecule has 0 fully saturated rings. The Balaban J connectivity index is 1.83. The summed E-state index contributed by atoms with van der Waals surface area (Å²) in [5.41, 5.74) is 0.436. The Morgan fingerprint density at radius 2 is 1.86 bits per heavy atom. The topological polar surface area (TPSA) is 56.5 Å². The maximum Gasteiger partial charge on any atom is 0.254 e. The van der Waals surface area contributed by atoms with Gasteiger partial charge in [-0.3, -0.25) is 4.79 Å². The molecule has 2 aromatic rings. The zero-order valence-corrected chi connectivity index (χ0v) is 11.5. The zero-order valence-electron chi connectivity index (χ0n) is 11.5. The first-order chi connectivity index (χ1) is 10.1. The minimum absolute atomic E-state index is 0.196. The summed E-state index contributed by atoms with van der Waals surface area (Å²) in [5.74, 6) is 0.0250. The quantitative estimate of drug-likeness (QED) is 0.621. The molecule has 0 aliphatic heterocycles. The predicted octanol–water partition coefficient (Wildman–Crippen LogP) is 1.61. The van der Waals surface area contributed by atoms with E-state index in [9.17, 15) is 14.4 Å². The van der Waals surface area contributed by atoms with Crippen LogP contribution in [0.1, 0.15) is 10.4 Å². The molecular weight excluding hydrogens is 275 g/mol. The molecule has 0 spiro atoms. The Kier molecular flexibility index (Phi) is 4.71. The number of likely N-dealkylation sites (N-methyl/N-ethyl adjacent to an activating group) is 1. The zero-order chi connectivity index (χ0) is 15.2. The van der Waals surface area contributed by atoms with E-state index in [0.717, 1.165) is 0 Å². The van der Waals surface area contributed by atoms with Crippen LogP contribution in [0.5, 0.6) is 5.75 Å². The van der Waals surface area contributed by atoms with Crippen LogP contribution >= 0.6 is 0 Å². The van der Waals surface area contributed by atoms with Crippen molar-refractivity contribution in [3.8, 4) is 5.75 Å². The Labute approximate surface area is 121 Å². The van der Waals surface area contributed by atoms with Crippen LogP contribution in [0.25, 0.3) is 0 Å². The van der Waals surface area contributed by atoms with Crippen LogP contribution in [-0.4, -0.2) is 31.0 Å². The molecule has 0 N–H and O–H groups in total. The summed E-state index contributed by atoms with van der Waals surface area (Å²) in [6.07, 6.45) is 2.55. The van der Waals surface area contributed by atoms with Crippen LogP contribution in [0, 0.1) is 11.0 Å². The maximum absolute atomic E-state index is 12.7. The van der Waals surface area contributed by atoms with E-state index in [2.05, 4.69) is 0 Å². The first kappa shape index (κ1) is 14.8. The van der Waals surface area contributed by atoms with E-state index in [1.165, 1.54) is 53.7 Å². The van der Waals surface area contributed by atoms with Crippen molar-refractivity contribution in [2.45, 2.75) is 0 Å². The number of rotatable bonds is 5. The average molecular weight is 290 g/mol. The molecular formula is C15H15FN2O3. The molecule has 0 atom stereocenters. The summed E-state index contributed by atoms with van der Waals surface area (Å²) in [5, 5.41) is 10.9. The third kappa shape index (κ3) is 4.17. The fourth-order valence-corrected chi connectivity index (χ4v) is 1.71. The summed E-state index contributed by atoms with van der Waals surface area (Å²) in [6, 6.07) is 8.61. The Morgan fingerprint density at radius 3 is 2.48 bits per heavy atom. The highest BCUT2D eigenvalue weighted by molar-refractivity contribution is 5.93. The number of pyridine rings is 1. The molecule has 2 rings (SSSR count). The predicted molar refractivity (Wildman–Crippen MR) is 74.3 cm³/mol. The highest BCUT2D eigenvalue weighted by Crippen LogP contribution is 2.11. The van der Waals surface area contributed by atoms with Crippen molar-refractivity contribution in [3.05, 3.63) is 65.4 Å². The smallest absolute Gasteiger partial charge is 0.254 e. The first-order valence-electron chi connectivity index (χ1n) is 6.39. The van der Waals surface area contributed by atoms with Crippen molar-refractivity contribution in [1.29, 1.82) is 0 Å². The molecule has 1 aromatic carbocycles. The lowest BCUT2D eigenvalue weighted by Gasteiger charge is -2.17. The largest absolute Gasteiger partial charge is 0.619 e. The third-order valence-corrected chi connectivity index (χ3v) is 2.90. The van der Waals surface area contributed by atoms with Gasteiger partial charge in [0.15, 0.2) is 12.4 Å². The van der Waals surface area contributed by atoms with E-state index >= 15 is 0 Å². The Bertz CT molecular complexity index is 599. The molecule has 0 radical (unpaired) electrons. The van der Waals surface area contributed by atoms with Gasteiger partial charge >= 0.3 is 0 Å². The SMILES string of the molecule is CN(CCOc1ccc(F)cc1)C(=O)c1cc[n+]([O-])cc1. The van der Waals surface area contributed by atoms with Gasteiger partial charge in [-0.05, 0) is 24.3 Å². The number of carbonyl (C=O) groups excluding carboxylic acids is 1. The molecule has 110 valence electrons. The molecule has 1 heterocycles. The van der Waals surface area contributed by atoms with Crippen molar-refractivity contribution in [2.24, 2.45) is 0 Å². The molecule has 0 aliphatic rings. The van der Waals surface area contributed by atoms with Gasteiger partial charge in [0.05, 0.1) is 12.1 Å². The van der Waals surface area contributed by atoms with Gasteiger partial charge < -0.3 is 14.8 Å². The molecule has 5 nitrogen and oxygen atoms in total. The molecule has 1 amide bonds. The Hall–Kier alpha value is -2.63. The molecule has 6 heteroatoms. The third-order valence-electron chi connectivity index (χ3n) is 2.90. The van der Waals surface area contributed by atoms with E-state index < -0.39 is 0 Å². The van der Waals surface area contributed by atoms with Crippen molar-refractivity contribution in [1.82, 2.24) is 4.90 Å². The van der Waals surface area contributed by atoms with Crippen LogP contribution in [0.2, 0.25) is 0 Å². The number of carbonyl (C=O) groups is 1. The number of hydrogen-bond acceptors (Lipinski definition) is 3. The Morgan fingerprint density at radius 1 is 1.24 bits per heavy atom. The molecule has 0 bridgehead atoms. The van der Waals surface area contributed by atoms with Crippen molar-refractivity contribution >= 4 is 5.91 Å². The fourth-order valence-electron chi connectivity index (χ4n) is 1.71. The monoisotopic (exact) mass is 290 g/mol. The van der Waals surface area contributed by atoms with E-state index in [4.69, 9.17) is 4.74 Å². The van der Waals surface area contributed by atoms with Gasteiger partial charge in [-0.15, -0.1) is 0 Å². The number of ether oxygens (including phenoxy) is 1. The lowest BCUT2D eigenvalue weighted by molar-refractivity contribution is -0.605. The van der Waals surface area contributed by atoms with Crippen molar-refractivity contribution < 1.29 is 18.7 Å². The number of hydrogen-bond donors (Lipinski definition) is 0. The van der Waals surface area contributed by atoms with Crippen LogP contribution in [0.3, 0.4) is 0 Å². The minimum atomic E-state index is -0.325. The first-order valence-corrected chi connectivity index (χ1v) is 6.39. The second kappa shape index (κ2) is 6.69. The summed E-state index contributed by atoms with van der Waals surface area (Å²) in [6.45, 7) is 0.671. The second-order valence-electron chi connectivity index (χ2n) is 4.48. The summed E-state index contributed by atoms with van der Waals surface area (Å²) in [7, 11) is 1.65. The summed E-state index contributed by atoms with van der Waals surface area (Å²) in [4.78, 5) is 13.5. The summed E-state index contributed by atoms with van der Waals surface area (Å²) < 4.78 is 18.8. The minimum Gasteiger partial charge on any atom is -0.619 e. The van der Waals surface area contributed by atoms with Gasteiger partial charge in [-0.2, -0.15) is 4.73 Å². The fraction of sp³-hybridized carbons (Fsp3) is 0.200. The van der Waals surface area contributed by atoms with Crippen LogP contribution in [-0.2, 0) is 0 Å². The van der Waals surface area contributed by atoms with Crippen LogP contribution in [0.4, 0.5) is 4.39 Å². The molecule has 1 aromatic heterocycles. The van der Waals surface area contributed by atoms with E-state index in [1.54, 1.807) is 7.05 Å². The van der Waals surface area contributed by atoms with Gasteiger partial charge in [0, 0.05) is 19.2 Å². The normalized spacial score (nSPS) is 10.2. The average Bonchev–Trinajstić information content (AvgIpc) is 2.49. The van der Waals surface area contributed by atoms with Gasteiger partial charge in [0.1, 0.15) is 18.2 Å². The standard InChI is InChI=1S/C15H15FN2O3/c1-17(15(19)12-6-8-18(20)9-7-12)10-11-21-14-4-2-13(16)3-5-14/h2-9H,10-11H2,1H3. The number of halogens is 1. The molecule has 0 saturated heterocycles. The van der Waals surface area contributed by atoms with Crippen LogP contribution < -0.4 is 9.47 Å². The lowest BCUT2D eigenvalue weighted by Crippen LogP contribution is -2.32. The number of amides is 1. The second-order valence-corrected chi connectivity index (χ2v) is 4.48. The number of benzene rings is 1. The molecule has 0 unspecified atom stereocenters. The molecule has 0 aliphatic carbocycles. The van der Waals surface area contributed by atoms with Gasteiger partial charge in [0.2, 0.25) is 0 Å². The van der Waals surface area contributed by atoms with E-state index in [1.807, 2.05) is 0 Å². The molecule has 0 saturated carbocycles. The lowest BCUT2D eigenvalue weighted by atomic mass is 10.2. The van der Waals surface area contributed by atoms with E-state index in [-0.39, 0.29) is 11.7 Å². The van der Waals surface area contributed by atoms with Crippen molar-refractivity contribution in [3.63, 3.8) is 0 Å².